The Morgan fingerprint density at radius 1 is 1.19 bits per heavy atom. The fourth-order valence-corrected chi connectivity index (χ4v) is 4.47. The third-order valence-corrected chi connectivity index (χ3v) is 6.80. The van der Waals surface area contributed by atoms with E-state index < -0.39 is 5.54 Å². The summed E-state index contributed by atoms with van der Waals surface area (Å²) in [6, 6.07) is 17.7. The second-order valence-corrected chi connectivity index (χ2v) is 8.96. The zero-order valence-corrected chi connectivity index (χ0v) is 18.0. The molecule has 1 aliphatic carbocycles. The summed E-state index contributed by atoms with van der Waals surface area (Å²) in [5, 5.41) is 15.6. The van der Waals surface area contributed by atoms with Gasteiger partial charge in [-0.2, -0.15) is 0 Å². The van der Waals surface area contributed by atoms with Crippen molar-refractivity contribution in [1.82, 2.24) is 10.2 Å². The molecule has 31 heavy (non-hydrogen) atoms. The van der Waals surface area contributed by atoms with Gasteiger partial charge in [-0.15, -0.1) is 0 Å². The van der Waals surface area contributed by atoms with Crippen molar-refractivity contribution in [3.8, 4) is 11.5 Å². The van der Waals surface area contributed by atoms with Gasteiger partial charge in [0.15, 0.2) is 0 Å². The van der Waals surface area contributed by atoms with E-state index in [1.807, 2.05) is 49.4 Å². The van der Waals surface area contributed by atoms with Crippen molar-refractivity contribution in [3.63, 3.8) is 0 Å². The van der Waals surface area contributed by atoms with Gasteiger partial charge in [0.1, 0.15) is 18.1 Å². The molecule has 3 aromatic rings. The number of nitrogens with one attached hydrogen (secondary N) is 1. The van der Waals surface area contributed by atoms with E-state index in [1.165, 1.54) is 0 Å². The number of rotatable bonds is 6. The van der Waals surface area contributed by atoms with Crippen LogP contribution in [-0.2, 0) is 5.54 Å². The van der Waals surface area contributed by atoms with Gasteiger partial charge < -0.3 is 15.2 Å². The molecule has 5 nitrogen and oxygen atoms in total. The third kappa shape index (κ3) is 3.74. The number of likely N-dealkylation sites (N-methyl/N-ethyl adjacent to an activating group) is 1. The van der Waals surface area contributed by atoms with E-state index in [0.717, 1.165) is 53.5 Å². The SMILES string of the molecule is Cc1ccc(OCC2CCN2C)cc1C(=O)NC1(c2cc(O)cc3ccccc23)CC1. The molecule has 1 atom stereocenters. The molecule has 1 heterocycles. The second-order valence-electron chi connectivity index (χ2n) is 8.96. The lowest BCUT2D eigenvalue weighted by atomic mass is 9.95. The van der Waals surface area contributed by atoms with Crippen LogP contribution < -0.4 is 10.1 Å². The number of aryl methyl sites for hydroxylation is 1. The minimum atomic E-state index is -0.437. The molecule has 0 bridgehead atoms. The molecule has 5 heteroatoms. The highest BCUT2D eigenvalue weighted by Crippen LogP contribution is 2.49. The molecule has 2 fully saturated rings. The quantitative estimate of drug-likeness (QED) is 0.627. The van der Waals surface area contributed by atoms with E-state index in [2.05, 4.69) is 17.3 Å². The summed E-state index contributed by atoms with van der Waals surface area (Å²) in [5.74, 6) is 0.846. The van der Waals surface area contributed by atoms with E-state index in [-0.39, 0.29) is 11.7 Å². The van der Waals surface area contributed by atoms with E-state index in [4.69, 9.17) is 4.74 Å². The maximum absolute atomic E-state index is 13.3. The second kappa shape index (κ2) is 7.57. The van der Waals surface area contributed by atoms with Crippen LogP contribution in [0.15, 0.2) is 54.6 Å². The van der Waals surface area contributed by atoms with Gasteiger partial charge in [-0.3, -0.25) is 9.69 Å². The number of ether oxygens (including phenoxy) is 1. The van der Waals surface area contributed by atoms with Crippen molar-refractivity contribution in [3.05, 3.63) is 71.3 Å². The predicted molar refractivity (Wildman–Crippen MR) is 122 cm³/mol. The summed E-state index contributed by atoms with van der Waals surface area (Å²) in [4.78, 5) is 15.6. The van der Waals surface area contributed by atoms with Gasteiger partial charge >= 0.3 is 0 Å². The first-order valence-corrected chi connectivity index (χ1v) is 10.9. The molecule has 0 aromatic heterocycles. The number of likely N-dealkylation sites (tertiary alicyclic amines) is 1. The van der Waals surface area contributed by atoms with Crippen LogP contribution in [0.1, 0.15) is 40.7 Å². The van der Waals surface area contributed by atoms with E-state index >= 15 is 0 Å². The zero-order chi connectivity index (χ0) is 21.6. The summed E-state index contributed by atoms with van der Waals surface area (Å²) >= 11 is 0. The number of fused-ring (bicyclic) bond motifs is 1. The number of hydrogen-bond acceptors (Lipinski definition) is 4. The highest BCUT2D eigenvalue weighted by molar-refractivity contribution is 5.98. The van der Waals surface area contributed by atoms with Gasteiger partial charge in [0.05, 0.1) is 5.54 Å². The normalized spacial score (nSPS) is 19.6. The number of nitrogens with zero attached hydrogens (tertiary/aromatic N) is 1. The fourth-order valence-electron chi connectivity index (χ4n) is 4.47. The Hall–Kier alpha value is -3.05. The summed E-state index contributed by atoms with van der Waals surface area (Å²) in [6.07, 6.45) is 2.86. The number of amides is 1. The molecule has 1 aliphatic heterocycles. The number of hydrogen-bond donors (Lipinski definition) is 2. The smallest absolute Gasteiger partial charge is 0.252 e. The average molecular weight is 417 g/mol. The van der Waals surface area contributed by atoms with Crippen LogP contribution >= 0.6 is 0 Å². The molecule has 1 amide bonds. The lowest BCUT2D eigenvalue weighted by Gasteiger charge is -2.37. The van der Waals surface area contributed by atoms with Crippen LogP contribution in [0.4, 0.5) is 0 Å². The molecule has 2 N–H and O–H groups in total. The van der Waals surface area contributed by atoms with Gasteiger partial charge in [0, 0.05) is 11.6 Å². The molecule has 2 aliphatic rings. The van der Waals surface area contributed by atoms with Crippen molar-refractivity contribution in [2.45, 2.75) is 37.8 Å². The number of carbonyl (C=O) groups excluding carboxylic acids is 1. The maximum atomic E-state index is 13.3. The molecule has 0 radical (unpaired) electrons. The summed E-state index contributed by atoms with van der Waals surface area (Å²) < 4.78 is 5.98. The van der Waals surface area contributed by atoms with Crippen molar-refractivity contribution < 1.29 is 14.6 Å². The van der Waals surface area contributed by atoms with Crippen LogP contribution in [0, 0.1) is 6.92 Å². The Bertz CT molecular complexity index is 1150. The Balaban J connectivity index is 1.38. The van der Waals surface area contributed by atoms with Gasteiger partial charge in [-0.1, -0.05) is 30.3 Å². The minimum absolute atomic E-state index is 0.103. The maximum Gasteiger partial charge on any atom is 0.252 e. The van der Waals surface area contributed by atoms with Crippen LogP contribution in [-0.4, -0.2) is 42.2 Å². The van der Waals surface area contributed by atoms with Crippen LogP contribution in [0.5, 0.6) is 11.5 Å². The first-order chi connectivity index (χ1) is 14.9. The molecular weight excluding hydrogens is 388 g/mol. The summed E-state index contributed by atoms with van der Waals surface area (Å²) in [6.45, 7) is 3.70. The first kappa shape index (κ1) is 19.9. The third-order valence-electron chi connectivity index (χ3n) is 6.80. The largest absolute Gasteiger partial charge is 0.508 e. The Kier molecular flexibility index (Phi) is 4.86. The van der Waals surface area contributed by atoms with Gasteiger partial charge in [-0.05, 0) is 85.9 Å². The van der Waals surface area contributed by atoms with E-state index in [9.17, 15) is 9.90 Å². The lowest BCUT2D eigenvalue weighted by molar-refractivity contribution is 0.0767. The van der Waals surface area contributed by atoms with Crippen molar-refractivity contribution in [1.29, 1.82) is 0 Å². The number of benzene rings is 3. The molecule has 1 unspecified atom stereocenters. The minimum Gasteiger partial charge on any atom is -0.508 e. The number of aromatic hydroxyl groups is 1. The fraction of sp³-hybridized carbons (Fsp3) is 0.346. The van der Waals surface area contributed by atoms with Gasteiger partial charge in [0.2, 0.25) is 0 Å². The monoisotopic (exact) mass is 416 g/mol. The molecule has 160 valence electrons. The number of phenolic OH excluding ortho intramolecular Hbond substituents is 1. The number of carbonyl (C=O) groups is 1. The van der Waals surface area contributed by atoms with Gasteiger partial charge in [0.25, 0.3) is 5.91 Å². The van der Waals surface area contributed by atoms with Crippen LogP contribution in [0.25, 0.3) is 10.8 Å². The predicted octanol–water partition coefficient (Wildman–Crippen LogP) is 4.36. The number of phenols is 1. The summed E-state index contributed by atoms with van der Waals surface area (Å²) in [7, 11) is 2.10. The average Bonchev–Trinajstić information content (AvgIpc) is 3.53. The van der Waals surface area contributed by atoms with E-state index in [1.54, 1.807) is 12.1 Å². The standard InChI is InChI=1S/C26H28N2O3/c1-17-7-8-21(31-16-19-9-12-28(19)2)15-23(17)25(30)27-26(10-11-26)24-14-20(29)13-18-5-3-4-6-22(18)24/h3-8,13-15,19,29H,9-12,16H2,1-2H3,(H,27,30). The molecule has 1 saturated carbocycles. The molecule has 5 rings (SSSR count). The van der Waals surface area contributed by atoms with Crippen LogP contribution in [0.3, 0.4) is 0 Å². The van der Waals surface area contributed by atoms with Crippen LogP contribution in [0.2, 0.25) is 0 Å². The van der Waals surface area contributed by atoms with Crippen molar-refractivity contribution in [2.75, 3.05) is 20.2 Å². The molecule has 3 aromatic carbocycles. The molecule has 1 saturated heterocycles. The Morgan fingerprint density at radius 3 is 2.71 bits per heavy atom. The lowest BCUT2D eigenvalue weighted by Crippen LogP contribution is -2.48. The highest BCUT2D eigenvalue weighted by Gasteiger charge is 2.47. The van der Waals surface area contributed by atoms with E-state index in [0.29, 0.717) is 18.2 Å². The zero-order valence-electron chi connectivity index (χ0n) is 18.0. The van der Waals surface area contributed by atoms with Crippen molar-refractivity contribution in [2.24, 2.45) is 0 Å². The first-order valence-electron chi connectivity index (χ1n) is 10.9. The molecular formula is C26H28N2O3. The topological polar surface area (TPSA) is 61.8 Å². The Morgan fingerprint density at radius 2 is 2.00 bits per heavy atom. The van der Waals surface area contributed by atoms with Crippen molar-refractivity contribution >= 4 is 16.7 Å². The highest BCUT2D eigenvalue weighted by atomic mass is 16.5. The molecule has 0 spiro atoms. The summed E-state index contributed by atoms with van der Waals surface area (Å²) in [5.41, 5.74) is 2.10. The Labute approximate surface area is 182 Å². The van der Waals surface area contributed by atoms with Gasteiger partial charge in [-0.25, -0.2) is 0 Å².